The van der Waals surface area contributed by atoms with Gasteiger partial charge in [-0.1, -0.05) is 13.5 Å². The van der Waals surface area contributed by atoms with Crippen LogP contribution >= 0.6 is 0 Å². The molecule has 0 saturated carbocycles. The molecule has 15 heteroatoms. The Morgan fingerprint density at radius 3 is 1.58 bits per heavy atom. The zero-order valence-electron chi connectivity index (χ0n) is 26.4. The minimum Gasteiger partial charge on any atom is -0.462 e. The first-order chi connectivity index (χ1) is 16.8. The quantitative estimate of drug-likeness (QED) is 0.124. The summed E-state index contributed by atoms with van der Waals surface area (Å²) in [6.07, 6.45) is -0.760. The van der Waals surface area contributed by atoms with Crippen molar-refractivity contribution in [1.82, 2.24) is 0 Å². The zero-order chi connectivity index (χ0) is 30.4. The highest BCUT2D eigenvalue weighted by atomic mass is 28.5. The van der Waals surface area contributed by atoms with E-state index in [0.717, 1.165) is 0 Å². The zero-order valence-corrected chi connectivity index (χ0v) is 32.6. The van der Waals surface area contributed by atoms with Crippen LogP contribution in [0.2, 0.25) is 85.1 Å². The maximum atomic E-state index is 13.4. The second-order valence-electron chi connectivity index (χ2n) is 13.7. The van der Waals surface area contributed by atoms with Crippen molar-refractivity contribution >= 4 is 57.3 Å². The smallest absolute Gasteiger partial charge is 0.462 e. The number of esters is 1. The number of aliphatic hydroxyl groups is 2. The topological polar surface area (TPSA) is 113 Å². The highest BCUT2D eigenvalue weighted by Gasteiger charge is 2.59. The number of hydrogen-bond donors (Lipinski definition) is 2. The minimum atomic E-state index is -3.52. The molecule has 0 amide bonds. The number of ether oxygens (including phenoxy) is 1. The SMILES string of the molecule is C=C(C(=O)OCCC)C(CC(O)CO)(O[Si](C)(O[Si](C)(C)C)O[Si](C)(C)C)[SiH](O[Si](C)(C)C)O[Si](C)(C)C. The van der Waals surface area contributed by atoms with E-state index in [-0.39, 0.29) is 18.6 Å². The molecule has 0 rings (SSSR count). The van der Waals surface area contributed by atoms with Crippen LogP contribution in [0.1, 0.15) is 19.8 Å². The van der Waals surface area contributed by atoms with Crippen LogP contribution in [0, 0.1) is 0 Å². The van der Waals surface area contributed by atoms with Crippen molar-refractivity contribution in [1.29, 1.82) is 0 Å². The highest BCUT2D eigenvalue weighted by molar-refractivity contribution is 6.86. The van der Waals surface area contributed by atoms with Crippen molar-refractivity contribution < 1.29 is 40.6 Å². The first kappa shape index (κ1) is 38.2. The Kier molecular flexibility index (Phi) is 14.5. The standard InChI is InChI=1S/C23H56O9Si6/c1-16-17-27-22(26)20(2)23(18-21(25)19-24,33(29-34(3,4)5)30-35(6,7)8)28-38(15,31-36(9,10)11)32-37(12,13)14/h21,24-25,33H,2,16-19H2,1,3-15H3. The van der Waals surface area contributed by atoms with Gasteiger partial charge in [0.2, 0.25) is 0 Å². The summed E-state index contributed by atoms with van der Waals surface area (Å²) in [6.45, 7) is 32.1. The lowest BCUT2D eigenvalue weighted by Crippen LogP contribution is -2.68. The summed E-state index contributed by atoms with van der Waals surface area (Å²) in [5.74, 6) is -0.648. The van der Waals surface area contributed by atoms with Gasteiger partial charge in [-0.25, -0.2) is 4.79 Å². The molecule has 0 bridgehead atoms. The molecular formula is C23H56O9Si6. The van der Waals surface area contributed by atoms with Crippen molar-refractivity contribution in [2.45, 2.75) is 116 Å². The van der Waals surface area contributed by atoms with E-state index in [1.54, 1.807) is 0 Å². The Morgan fingerprint density at radius 1 is 0.842 bits per heavy atom. The van der Waals surface area contributed by atoms with Gasteiger partial charge in [0.05, 0.1) is 24.9 Å². The van der Waals surface area contributed by atoms with Gasteiger partial charge in [-0.2, -0.15) is 0 Å². The van der Waals surface area contributed by atoms with Gasteiger partial charge in [0, 0.05) is 13.0 Å². The molecule has 0 spiro atoms. The molecule has 0 aliphatic carbocycles. The summed E-state index contributed by atoms with van der Waals surface area (Å²) in [7, 11) is -15.6. The third kappa shape index (κ3) is 14.7. The largest absolute Gasteiger partial charge is 0.477 e. The fourth-order valence-electron chi connectivity index (χ4n) is 3.74. The Balaban J connectivity index is 7.45. The summed E-state index contributed by atoms with van der Waals surface area (Å²) < 4.78 is 39.3. The van der Waals surface area contributed by atoms with Crippen LogP contribution in [0.5, 0.6) is 0 Å². The van der Waals surface area contributed by atoms with Gasteiger partial charge in [0.15, 0.2) is 33.3 Å². The molecule has 0 aliphatic rings. The summed E-state index contributed by atoms with van der Waals surface area (Å²) in [6, 6.07) is 0. The molecule has 0 aromatic carbocycles. The Morgan fingerprint density at radius 2 is 1.26 bits per heavy atom. The highest BCUT2D eigenvalue weighted by Crippen LogP contribution is 2.39. The summed E-state index contributed by atoms with van der Waals surface area (Å²) in [4.78, 5) is 13.4. The fourth-order valence-corrected chi connectivity index (χ4v) is 23.6. The average Bonchev–Trinajstić information content (AvgIpc) is 2.64. The molecule has 2 unspecified atom stereocenters. The van der Waals surface area contributed by atoms with Crippen LogP contribution in [0.3, 0.4) is 0 Å². The monoisotopic (exact) mass is 644 g/mol. The van der Waals surface area contributed by atoms with Crippen molar-refractivity contribution in [3.05, 3.63) is 12.2 Å². The molecule has 0 radical (unpaired) electrons. The summed E-state index contributed by atoms with van der Waals surface area (Å²) in [5, 5.41) is 19.2. The molecule has 0 fully saturated rings. The number of hydrogen-bond acceptors (Lipinski definition) is 9. The van der Waals surface area contributed by atoms with Crippen molar-refractivity contribution in [3.63, 3.8) is 0 Å². The van der Waals surface area contributed by atoms with Crippen LogP contribution < -0.4 is 0 Å². The predicted octanol–water partition coefficient (Wildman–Crippen LogP) is 4.73. The lowest BCUT2D eigenvalue weighted by atomic mass is 10.0. The first-order valence-electron chi connectivity index (χ1n) is 13.4. The van der Waals surface area contributed by atoms with Crippen molar-refractivity contribution in [3.8, 4) is 0 Å². The van der Waals surface area contributed by atoms with Gasteiger partial charge in [0.1, 0.15) is 5.22 Å². The number of rotatable bonds is 18. The number of aliphatic hydroxyl groups excluding tert-OH is 2. The summed E-state index contributed by atoms with van der Waals surface area (Å²) >= 11 is 0. The Hall–Kier alpha value is 0.231. The molecule has 0 heterocycles. The van der Waals surface area contributed by atoms with Gasteiger partial charge in [0.25, 0.3) is 0 Å². The Bertz CT molecular complexity index is 739. The summed E-state index contributed by atoms with van der Waals surface area (Å²) in [5.41, 5.74) is 0.00342. The number of carbonyl (C=O) groups is 1. The van der Waals surface area contributed by atoms with E-state index in [4.69, 9.17) is 25.6 Å². The van der Waals surface area contributed by atoms with E-state index in [9.17, 15) is 15.0 Å². The maximum absolute atomic E-state index is 13.4. The van der Waals surface area contributed by atoms with Gasteiger partial charge in [-0.05, 0) is 85.0 Å². The van der Waals surface area contributed by atoms with E-state index in [1.165, 1.54) is 0 Å². The van der Waals surface area contributed by atoms with Crippen molar-refractivity contribution in [2.75, 3.05) is 13.2 Å². The van der Waals surface area contributed by atoms with Crippen LogP contribution in [0.25, 0.3) is 0 Å². The molecule has 226 valence electrons. The van der Waals surface area contributed by atoms with E-state index >= 15 is 0 Å². The molecule has 0 saturated heterocycles. The fraction of sp³-hybridized carbons (Fsp3) is 0.870. The van der Waals surface area contributed by atoms with Crippen LogP contribution in [0.15, 0.2) is 12.2 Å². The second kappa shape index (κ2) is 14.4. The molecule has 0 aromatic heterocycles. The predicted molar refractivity (Wildman–Crippen MR) is 168 cm³/mol. The first-order valence-corrected chi connectivity index (χ1v) is 30.8. The molecule has 0 aliphatic heterocycles. The van der Waals surface area contributed by atoms with E-state index in [0.29, 0.717) is 6.42 Å². The normalized spacial score (nSPS) is 16.3. The minimum absolute atomic E-state index is 0.00342. The lowest BCUT2D eigenvalue weighted by molar-refractivity contribution is -0.141. The molecule has 0 aromatic rings. The van der Waals surface area contributed by atoms with Gasteiger partial charge < -0.3 is 35.8 Å². The third-order valence-electron chi connectivity index (χ3n) is 4.60. The van der Waals surface area contributed by atoms with Crippen LogP contribution in [-0.4, -0.2) is 92.1 Å². The lowest BCUT2D eigenvalue weighted by Gasteiger charge is -2.49. The van der Waals surface area contributed by atoms with E-state index in [1.807, 2.05) is 52.8 Å². The molecule has 2 atom stereocenters. The molecule has 38 heavy (non-hydrogen) atoms. The van der Waals surface area contributed by atoms with Gasteiger partial charge in [-0.3, -0.25) is 0 Å². The number of carbonyl (C=O) groups excluding carboxylic acids is 1. The molecule has 9 nitrogen and oxygen atoms in total. The third-order valence-corrected chi connectivity index (χ3v) is 22.3. The van der Waals surface area contributed by atoms with Crippen molar-refractivity contribution in [2.24, 2.45) is 0 Å². The van der Waals surface area contributed by atoms with Gasteiger partial charge in [-0.15, -0.1) is 0 Å². The van der Waals surface area contributed by atoms with Gasteiger partial charge >= 0.3 is 24.1 Å². The van der Waals surface area contributed by atoms with Crippen LogP contribution in [0.4, 0.5) is 0 Å². The molecule has 2 N–H and O–H groups in total. The Labute approximate surface area is 239 Å². The average molecular weight is 645 g/mol. The maximum Gasteiger partial charge on any atom is 0.477 e. The second-order valence-corrected chi connectivity index (χ2v) is 37.7. The van der Waals surface area contributed by atoms with E-state index < -0.39 is 75.3 Å². The van der Waals surface area contributed by atoms with E-state index in [2.05, 4.69) is 45.9 Å². The van der Waals surface area contributed by atoms with Crippen LogP contribution in [-0.2, 0) is 30.4 Å². The molecular weight excluding hydrogens is 589 g/mol.